The summed E-state index contributed by atoms with van der Waals surface area (Å²) in [5.41, 5.74) is -0.0787. The van der Waals surface area contributed by atoms with Gasteiger partial charge in [-0.15, -0.1) is 0 Å². The topological polar surface area (TPSA) is 60.2 Å². The first kappa shape index (κ1) is 15.0. The molecule has 0 amide bonds. The van der Waals surface area contributed by atoms with Crippen molar-refractivity contribution in [3.05, 3.63) is 11.7 Å². The minimum atomic E-state index is -0.0787. The van der Waals surface area contributed by atoms with Gasteiger partial charge in [0, 0.05) is 13.5 Å². The number of ether oxygens (including phenoxy) is 1. The second kappa shape index (κ2) is 6.88. The van der Waals surface area contributed by atoms with Crippen LogP contribution in [0.15, 0.2) is 4.52 Å². The summed E-state index contributed by atoms with van der Waals surface area (Å²) in [6.07, 6.45) is 11.2. The van der Waals surface area contributed by atoms with Crippen LogP contribution in [0.2, 0.25) is 0 Å². The second-order valence-electron chi connectivity index (χ2n) is 6.48. The third-order valence-electron chi connectivity index (χ3n) is 4.87. The standard InChI is InChI=1S/C16H27N3O2/c1-13-18-15(19-21-13)16(9-4-2-5-10-16)17-11-8-14-7-3-6-12-20-14/h14,17H,2-12H2,1H3. The van der Waals surface area contributed by atoms with Gasteiger partial charge in [0.15, 0.2) is 5.82 Å². The SMILES string of the molecule is Cc1nc(C2(NCCC3CCCCO3)CCCCC2)no1. The fraction of sp³-hybridized carbons (Fsp3) is 0.875. The lowest BCUT2D eigenvalue weighted by atomic mass is 9.81. The van der Waals surface area contributed by atoms with E-state index in [4.69, 9.17) is 9.26 Å². The molecule has 0 bridgehead atoms. The maximum atomic E-state index is 5.82. The molecule has 5 heteroatoms. The number of hydrogen-bond acceptors (Lipinski definition) is 5. The molecule has 5 nitrogen and oxygen atoms in total. The first-order chi connectivity index (χ1) is 10.3. The molecule has 0 radical (unpaired) electrons. The molecular weight excluding hydrogens is 266 g/mol. The summed E-state index contributed by atoms with van der Waals surface area (Å²) in [6, 6.07) is 0. The van der Waals surface area contributed by atoms with Gasteiger partial charge in [-0.1, -0.05) is 24.4 Å². The molecule has 118 valence electrons. The van der Waals surface area contributed by atoms with Crippen LogP contribution in [-0.2, 0) is 10.3 Å². The fourth-order valence-corrected chi connectivity index (χ4v) is 3.64. The zero-order valence-corrected chi connectivity index (χ0v) is 13.1. The van der Waals surface area contributed by atoms with Crippen LogP contribution in [0.5, 0.6) is 0 Å². The quantitative estimate of drug-likeness (QED) is 0.904. The molecule has 1 saturated heterocycles. The lowest BCUT2D eigenvalue weighted by molar-refractivity contribution is 0.00959. The minimum absolute atomic E-state index is 0.0787. The highest BCUT2D eigenvalue weighted by molar-refractivity contribution is 5.06. The average Bonchev–Trinajstić information content (AvgIpc) is 2.97. The average molecular weight is 293 g/mol. The summed E-state index contributed by atoms with van der Waals surface area (Å²) in [4.78, 5) is 4.50. The summed E-state index contributed by atoms with van der Waals surface area (Å²) >= 11 is 0. The smallest absolute Gasteiger partial charge is 0.223 e. The van der Waals surface area contributed by atoms with E-state index in [1.165, 1.54) is 38.5 Å². The molecule has 0 aromatic carbocycles. The van der Waals surface area contributed by atoms with Gasteiger partial charge >= 0.3 is 0 Å². The summed E-state index contributed by atoms with van der Waals surface area (Å²) in [6.45, 7) is 3.76. The molecule has 1 N–H and O–H groups in total. The van der Waals surface area contributed by atoms with Crippen LogP contribution in [0.3, 0.4) is 0 Å². The van der Waals surface area contributed by atoms with E-state index >= 15 is 0 Å². The second-order valence-corrected chi connectivity index (χ2v) is 6.48. The minimum Gasteiger partial charge on any atom is -0.378 e. The molecule has 2 aliphatic rings. The monoisotopic (exact) mass is 293 g/mol. The van der Waals surface area contributed by atoms with Crippen LogP contribution in [-0.4, -0.2) is 29.4 Å². The van der Waals surface area contributed by atoms with Crippen molar-refractivity contribution in [2.45, 2.75) is 76.4 Å². The lowest BCUT2D eigenvalue weighted by Crippen LogP contribution is -2.46. The van der Waals surface area contributed by atoms with Crippen molar-refractivity contribution in [3.8, 4) is 0 Å². The lowest BCUT2D eigenvalue weighted by Gasteiger charge is -2.36. The van der Waals surface area contributed by atoms with E-state index in [-0.39, 0.29) is 5.54 Å². The van der Waals surface area contributed by atoms with Crippen molar-refractivity contribution in [2.24, 2.45) is 0 Å². The molecule has 1 aliphatic heterocycles. The molecule has 0 spiro atoms. The number of nitrogens with zero attached hydrogens (tertiary/aromatic N) is 2. The van der Waals surface area contributed by atoms with Gasteiger partial charge in [-0.3, -0.25) is 0 Å². The molecule has 21 heavy (non-hydrogen) atoms. The van der Waals surface area contributed by atoms with Crippen molar-refractivity contribution in [3.63, 3.8) is 0 Å². The van der Waals surface area contributed by atoms with Gasteiger partial charge in [0.2, 0.25) is 5.89 Å². The third-order valence-corrected chi connectivity index (χ3v) is 4.87. The molecule has 2 heterocycles. The van der Waals surface area contributed by atoms with E-state index in [9.17, 15) is 0 Å². The molecule has 1 aromatic heterocycles. The Morgan fingerprint density at radius 2 is 2.05 bits per heavy atom. The summed E-state index contributed by atoms with van der Waals surface area (Å²) in [7, 11) is 0. The maximum Gasteiger partial charge on any atom is 0.223 e. The van der Waals surface area contributed by atoms with E-state index in [2.05, 4.69) is 15.5 Å². The summed E-state index contributed by atoms with van der Waals surface area (Å²) < 4.78 is 11.0. The summed E-state index contributed by atoms with van der Waals surface area (Å²) in [5.74, 6) is 1.51. The van der Waals surface area contributed by atoms with Crippen molar-refractivity contribution in [1.29, 1.82) is 0 Å². The zero-order valence-electron chi connectivity index (χ0n) is 13.1. The number of hydrogen-bond donors (Lipinski definition) is 1. The van der Waals surface area contributed by atoms with E-state index in [1.807, 2.05) is 6.92 Å². The Morgan fingerprint density at radius 3 is 2.71 bits per heavy atom. The Morgan fingerprint density at radius 1 is 1.19 bits per heavy atom. The highest BCUT2D eigenvalue weighted by Gasteiger charge is 2.37. The van der Waals surface area contributed by atoms with E-state index in [0.29, 0.717) is 12.0 Å². The first-order valence-electron chi connectivity index (χ1n) is 8.46. The van der Waals surface area contributed by atoms with Gasteiger partial charge in [-0.25, -0.2) is 0 Å². The molecule has 1 atom stereocenters. The van der Waals surface area contributed by atoms with Gasteiger partial charge in [0.05, 0.1) is 11.6 Å². The molecule has 1 aliphatic carbocycles. The Bertz CT molecular complexity index is 434. The Kier molecular flexibility index (Phi) is 4.91. The number of rotatable bonds is 5. The molecule has 1 unspecified atom stereocenters. The van der Waals surface area contributed by atoms with Crippen LogP contribution in [0.1, 0.15) is 69.5 Å². The van der Waals surface area contributed by atoms with Crippen molar-refractivity contribution in [2.75, 3.05) is 13.2 Å². The van der Waals surface area contributed by atoms with Crippen LogP contribution in [0, 0.1) is 6.92 Å². The molecule has 2 fully saturated rings. The predicted octanol–water partition coefficient (Wildman–Crippen LogP) is 3.09. The summed E-state index contributed by atoms with van der Waals surface area (Å²) in [5, 5.41) is 7.94. The van der Waals surface area contributed by atoms with E-state index in [0.717, 1.165) is 38.2 Å². The highest BCUT2D eigenvalue weighted by Crippen LogP contribution is 2.35. The third kappa shape index (κ3) is 3.64. The first-order valence-corrected chi connectivity index (χ1v) is 8.46. The Hall–Kier alpha value is -0.940. The largest absolute Gasteiger partial charge is 0.378 e. The van der Waals surface area contributed by atoms with Gasteiger partial charge in [0.25, 0.3) is 0 Å². The van der Waals surface area contributed by atoms with Crippen molar-refractivity contribution < 1.29 is 9.26 Å². The number of nitrogens with one attached hydrogen (secondary N) is 1. The van der Waals surface area contributed by atoms with Crippen LogP contribution in [0.4, 0.5) is 0 Å². The Labute approximate surface area is 126 Å². The van der Waals surface area contributed by atoms with Gasteiger partial charge in [0.1, 0.15) is 0 Å². The van der Waals surface area contributed by atoms with Crippen molar-refractivity contribution >= 4 is 0 Å². The van der Waals surface area contributed by atoms with Crippen LogP contribution >= 0.6 is 0 Å². The molecule has 3 rings (SSSR count). The molecule has 1 saturated carbocycles. The van der Waals surface area contributed by atoms with Crippen LogP contribution < -0.4 is 5.32 Å². The van der Waals surface area contributed by atoms with Crippen LogP contribution in [0.25, 0.3) is 0 Å². The Balaban J connectivity index is 1.60. The molecule has 1 aromatic rings. The number of aryl methyl sites for hydroxylation is 1. The van der Waals surface area contributed by atoms with E-state index < -0.39 is 0 Å². The highest BCUT2D eigenvalue weighted by atomic mass is 16.5. The zero-order chi connectivity index (χ0) is 14.5. The molecular formula is C16H27N3O2. The van der Waals surface area contributed by atoms with E-state index in [1.54, 1.807) is 0 Å². The predicted molar refractivity (Wildman–Crippen MR) is 80.0 cm³/mol. The normalized spacial score (nSPS) is 25.9. The fourth-order valence-electron chi connectivity index (χ4n) is 3.64. The van der Waals surface area contributed by atoms with Gasteiger partial charge in [-0.2, -0.15) is 4.98 Å². The maximum absolute atomic E-state index is 5.82. The van der Waals surface area contributed by atoms with Gasteiger partial charge < -0.3 is 14.6 Å². The van der Waals surface area contributed by atoms with Crippen molar-refractivity contribution in [1.82, 2.24) is 15.5 Å². The number of aromatic nitrogens is 2. The van der Waals surface area contributed by atoms with Gasteiger partial charge in [-0.05, 0) is 45.1 Å².